The topological polar surface area (TPSA) is 70.9 Å². The van der Waals surface area contributed by atoms with Gasteiger partial charge < -0.3 is 16.0 Å². The molecule has 0 atom stereocenters. The lowest BCUT2D eigenvalue weighted by atomic mass is 9.94. The van der Waals surface area contributed by atoms with Crippen LogP contribution in [0.4, 0.5) is 0 Å². The van der Waals surface area contributed by atoms with E-state index in [-0.39, 0.29) is 10.4 Å². The monoisotopic (exact) mass is 229 g/mol. The van der Waals surface area contributed by atoms with Crippen molar-refractivity contribution in [3.05, 3.63) is 20.7 Å². The average molecular weight is 229 g/mol. The summed E-state index contributed by atoms with van der Waals surface area (Å²) in [7, 11) is 0. The van der Waals surface area contributed by atoms with Gasteiger partial charge in [0.25, 0.3) is 0 Å². The second-order valence-electron chi connectivity index (χ2n) is 3.85. The van der Waals surface area contributed by atoms with E-state index in [0.717, 1.165) is 25.1 Å². The molecule has 4 nitrogen and oxygen atoms in total. The Morgan fingerprint density at radius 2 is 2.20 bits per heavy atom. The van der Waals surface area contributed by atoms with Gasteiger partial charge in [-0.1, -0.05) is 25.2 Å². The number of rotatable bonds is 6. The molecule has 1 heterocycles. The first-order chi connectivity index (χ1) is 7.09. The summed E-state index contributed by atoms with van der Waals surface area (Å²) in [5, 5.41) is 5.11. The molecule has 0 spiro atoms. The second kappa shape index (κ2) is 5.44. The molecule has 0 amide bonds. The lowest BCUT2D eigenvalue weighted by Crippen LogP contribution is -2.47. The molecule has 1 rings (SSSR count). The summed E-state index contributed by atoms with van der Waals surface area (Å²) in [6, 6.07) is 0. The third-order valence-electron chi connectivity index (χ3n) is 2.77. The van der Waals surface area contributed by atoms with Gasteiger partial charge in [0.15, 0.2) is 0 Å². The van der Waals surface area contributed by atoms with Crippen LogP contribution in [0.5, 0.6) is 0 Å². The fraction of sp³-hybridized carbons (Fsp3) is 0.700. The van der Waals surface area contributed by atoms with Gasteiger partial charge in [-0.25, -0.2) is 0 Å². The van der Waals surface area contributed by atoms with E-state index in [1.807, 2.05) is 5.38 Å². The summed E-state index contributed by atoms with van der Waals surface area (Å²) < 4.78 is 0. The van der Waals surface area contributed by atoms with Crippen molar-refractivity contribution in [3.8, 4) is 0 Å². The Morgan fingerprint density at radius 1 is 1.53 bits per heavy atom. The van der Waals surface area contributed by atoms with Crippen LogP contribution in [0, 0.1) is 0 Å². The van der Waals surface area contributed by atoms with E-state index in [0.29, 0.717) is 6.54 Å². The standard InChI is InChI=1S/C10H19N3OS/c1-3-10(11,4-2)7-12-5-8-6-15-9(14)13-8/h6,12H,3-5,7,11H2,1-2H3,(H,13,14). The molecule has 1 aromatic heterocycles. The Morgan fingerprint density at radius 3 is 2.67 bits per heavy atom. The van der Waals surface area contributed by atoms with Crippen LogP contribution >= 0.6 is 11.3 Å². The van der Waals surface area contributed by atoms with Crippen LogP contribution in [0.25, 0.3) is 0 Å². The Kier molecular flexibility index (Phi) is 4.50. The van der Waals surface area contributed by atoms with E-state index in [2.05, 4.69) is 24.1 Å². The van der Waals surface area contributed by atoms with Gasteiger partial charge in [-0.2, -0.15) is 0 Å². The van der Waals surface area contributed by atoms with E-state index >= 15 is 0 Å². The van der Waals surface area contributed by atoms with Crippen LogP contribution in [0.3, 0.4) is 0 Å². The summed E-state index contributed by atoms with van der Waals surface area (Å²) in [4.78, 5) is 13.6. The van der Waals surface area contributed by atoms with Gasteiger partial charge in [0.2, 0.25) is 0 Å². The zero-order valence-corrected chi connectivity index (χ0v) is 10.1. The third-order valence-corrected chi connectivity index (χ3v) is 3.49. The Bertz CT molecular complexity index is 340. The molecule has 15 heavy (non-hydrogen) atoms. The number of hydrogen-bond donors (Lipinski definition) is 3. The van der Waals surface area contributed by atoms with E-state index in [1.165, 1.54) is 11.3 Å². The molecule has 0 radical (unpaired) electrons. The van der Waals surface area contributed by atoms with Crippen LogP contribution in [-0.2, 0) is 6.54 Å². The third kappa shape index (κ3) is 3.77. The fourth-order valence-electron chi connectivity index (χ4n) is 1.35. The molecule has 86 valence electrons. The number of aromatic nitrogens is 1. The number of nitrogens with one attached hydrogen (secondary N) is 2. The summed E-state index contributed by atoms with van der Waals surface area (Å²) in [6.45, 7) is 5.64. The summed E-state index contributed by atoms with van der Waals surface area (Å²) in [5.74, 6) is 0. The van der Waals surface area contributed by atoms with Crippen LogP contribution in [0.2, 0.25) is 0 Å². The summed E-state index contributed by atoms with van der Waals surface area (Å²) >= 11 is 1.19. The predicted molar refractivity (Wildman–Crippen MR) is 64.1 cm³/mol. The highest BCUT2D eigenvalue weighted by molar-refractivity contribution is 7.07. The summed E-state index contributed by atoms with van der Waals surface area (Å²) in [6.07, 6.45) is 1.91. The minimum Gasteiger partial charge on any atom is -0.324 e. The van der Waals surface area contributed by atoms with Crippen molar-refractivity contribution in [1.29, 1.82) is 0 Å². The molecule has 0 unspecified atom stereocenters. The van der Waals surface area contributed by atoms with Crippen molar-refractivity contribution < 1.29 is 0 Å². The van der Waals surface area contributed by atoms with Crippen LogP contribution < -0.4 is 15.9 Å². The van der Waals surface area contributed by atoms with Crippen molar-refractivity contribution in [2.24, 2.45) is 5.73 Å². The summed E-state index contributed by atoms with van der Waals surface area (Å²) in [5.41, 5.74) is 6.94. The van der Waals surface area contributed by atoms with E-state index < -0.39 is 0 Å². The minimum atomic E-state index is -0.129. The molecule has 0 saturated heterocycles. The average Bonchev–Trinajstić information content (AvgIpc) is 2.64. The fourth-order valence-corrected chi connectivity index (χ4v) is 1.93. The predicted octanol–water partition coefficient (Wildman–Crippen LogP) is 1.04. The van der Waals surface area contributed by atoms with Gasteiger partial charge in [0.05, 0.1) is 0 Å². The molecule has 0 aliphatic rings. The first-order valence-corrected chi connectivity index (χ1v) is 6.14. The Hall–Kier alpha value is -0.650. The highest BCUT2D eigenvalue weighted by atomic mass is 32.1. The van der Waals surface area contributed by atoms with E-state index in [9.17, 15) is 4.79 Å². The van der Waals surface area contributed by atoms with Gasteiger partial charge in [0, 0.05) is 29.7 Å². The van der Waals surface area contributed by atoms with Gasteiger partial charge in [-0.3, -0.25) is 4.79 Å². The maximum atomic E-state index is 10.9. The molecule has 0 bridgehead atoms. The highest BCUT2D eigenvalue weighted by Gasteiger charge is 2.19. The normalized spacial score (nSPS) is 11.9. The molecular weight excluding hydrogens is 210 g/mol. The Labute approximate surface area is 93.9 Å². The maximum absolute atomic E-state index is 10.9. The molecule has 0 aromatic carbocycles. The van der Waals surface area contributed by atoms with Crippen LogP contribution in [0.1, 0.15) is 32.4 Å². The minimum absolute atomic E-state index is 0.00297. The quantitative estimate of drug-likeness (QED) is 0.682. The van der Waals surface area contributed by atoms with Crippen molar-refractivity contribution in [3.63, 3.8) is 0 Å². The van der Waals surface area contributed by atoms with Crippen molar-refractivity contribution in [1.82, 2.24) is 10.3 Å². The highest BCUT2D eigenvalue weighted by Crippen LogP contribution is 2.09. The molecule has 1 aromatic rings. The van der Waals surface area contributed by atoms with Crippen LogP contribution in [0.15, 0.2) is 10.2 Å². The zero-order valence-electron chi connectivity index (χ0n) is 9.30. The van der Waals surface area contributed by atoms with Crippen molar-refractivity contribution >= 4 is 11.3 Å². The van der Waals surface area contributed by atoms with Gasteiger partial charge in [-0.05, 0) is 12.8 Å². The van der Waals surface area contributed by atoms with Crippen molar-refractivity contribution in [2.75, 3.05) is 6.54 Å². The molecule has 0 aliphatic heterocycles. The van der Waals surface area contributed by atoms with Gasteiger partial charge in [-0.15, -0.1) is 0 Å². The molecule has 4 N–H and O–H groups in total. The molecule has 0 aliphatic carbocycles. The first kappa shape index (κ1) is 12.4. The van der Waals surface area contributed by atoms with Crippen molar-refractivity contribution in [2.45, 2.75) is 38.8 Å². The molecular formula is C10H19N3OS. The number of thiazole rings is 1. The van der Waals surface area contributed by atoms with Gasteiger partial charge >= 0.3 is 4.87 Å². The smallest absolute Gasteiger partial charge is 0.304 e. The number of aromatic amines is 1. The van der Waals surface area contributed by atoms with Crippen LogP contribution in [-0.4, -0.2) is 17.1 Å². The molecule has 5 heteroatoms. The number of hydrogen-bond acceptors (Lipinski definition) is 4. The SMILES string of the molecule is CCC(N)(CC)CNCc1csc(=O)[nH]1. The zero-order chi connectivity index (χ0) is 11.3. The number of H-pyrrole nitrogens is 1. The van der Waals surface area contributed by atoms with E-state index in [4.69, 9.17) is 5.73 Å². The second-order valence-corrected chi connectivity index (χ2v) is 4.69. The molecule has 0 fully saturated rings. The Balaban J connectivity index is 2.35. The largest absolute Gasteiger partial charge is 0.324 e. The number of nitrogens with two attached hydrogens (primary N) is 1. The van der Waals surface area contributed by atoms with Gasteiger partial charge in [0.1, 0.15) is 0 Å². The van der Waals surface area contributed by atoms with E-state index in [1.54, 1.807) is 0 Å². The lowest BCUT2D eigenvalue weighted by Gasteiger charge is -2.26. The first-order valence-electron chi connectivity index (χ1n) is 5.26. The molecule has 0 saturated carbocycles. The maximum Gasteiger partial charge on any atom is 0.304 e. The lowest BCUT2D eigenvalue weighted by molar-refractivity contribution is 0.368.